The van der Waals surface area contributed by atoms with Crippen LogP contribution >= 0.6 is 0 Å². The SMILES string of the molecule is c1ccc(-c2nnc(-c3ccc(-c4ccccc4-c4ccccc4-c4ccc(N(c5ccc(-c6cccc7ccccc67)cc5)c5ccc(-c6cccc7ccccc67)cc5)cc4)cc3)n2-c2ccccc2)cc1. The fourth-order valence-electron chi connectivity index (χ4n) is 10.6. The minimum Gasteiger partial charge on any atom is -0.311 e. The second kappa shape index (κ2) is 19.4. The maximum absolute atomic E-state index is 4.76. The van der Waals surface area contributed by atoms with Gasteiger partial charge in [-0.05, 0) is 126 Å². The second-order valence-corrected chi connectivity index (χ2v) is 18.6. The van der Waals surface area contributed by atoms with Gasteiger partial charge in [0, 0.05) is 33.9 Å². The molecule has 4 heteroatoms. The van der Waals surface area contributed by atoms with Gasteiger partial charge in [0.15, 0.2) is 11.6 Å². The smallest absolute Gasteiger partial charge is 0.168 e. The molecule has 0 unspecified atom stereocenters. The molecule has 0 aliphatic carbocycles. The number of nitrogens with zero attached hydrogens (tertiary/aromatic N) is 4. The molecule has 0 radical (unpaired) electrons. The van der Waals surface area contributed by atoms with Crippen molar-refractivity contribution in [2.75, 3.05) is 4.90 Å². The molecule has 0 bridgehead atoms. The van der Waals surface area contributed by atoms with Crippen LogP contribution in [0.4, 0.5) is 17.1 Å². The summed E-state index contributed by atoms with van der Waals surface area (Å²) in [5.74, 6) is 1.59. The average molecular weight is 945 g/mol. The van der Waals surface area contributed by atoms with Gasteiger partial charge in [-0.1, -0.05) is 243 Å². The lowest BCUT2D eigenvalue weighted by atomic mass is 9.89. The summed E-state index contributed by atoms with van der Waals surface area (Å²) < 4.78 is 2.14. The van der Waals surface area contributed by atoms with Gasteiger partial charge in [-0.15, -0.1) is 10.2 Å². The average Bonchev–Trinajstić information content (AvgIpc) is 3.94. The van der Waals surface area contributed by atoms with Crippen molar-refractivity contribution in [1.82, 2.24) is 14.8 Å². The first-order chi connectivity index (χ1) is 36.7. The highest BCUT2D eigenvalue weighted by Crippen LogP contribution is 2.42. The van der Waals surface area contributed by atoms with Gasteiger partial charge in [0.2, 0.25) is 0 Å². The largest absolute Gasteiger partial charge is 0.311 e. The quantitative estimate of drug-likeness (QED) is 0.130. The summed E-state index contributed by atoms with van der Waals surface area (Å²) in [6.45, 7) is 0. The van der Waals surface area contributed by atoms with E-state index in [1.54, 1.807) is 0 Å². The molecule has 0 atom stereocenters. The molecule has 0 fully saturated rings. The van der Waals surface area contributed by atoms with Crippen molar-refractivity contribution in [3.05, 3.63) is 291 Å². The summed E-state index contributed by atoms with van der Waals surface area (Å²) in [6, 6.07) is 104. The van der Waals surface area contributed by atoms with E-state index in [9.17, 15) is 0 Å². The van der Waals surface area contributed by atoms with Crippen molar-refractivity contribution in [3.63, 3.8) is 0 Å². The number of hydrogen-bond donors (Lipinski definition) is 0. The molecule has 1 heterocycles. The van der Waals surface area contributed by atoms with E-state index in [0.29, 0.717) is 0 Å². The van der Waals surface area contributed by atoms with Gasteiger partial charge in [-0.25, -0.2) is 0 Å². The zero-order valence-electron chi connectivity index (χ0n) is 40.5. The summed E-state index contributed by atoms with van der Waals surface area (Å²) >= 11 is 0. The van der Waals surface area contributed by atoms with Crippen LogP contribution in [0.3, 0.4) is 0 Å². The molecule has 13 aromatic rings. The van der Waals surface area contributed by atoms with Crippen molar-refractivity contribution in [3.8, 4) is 84.1 Å². The van der Waals surface area contributed by atoms with Gasteiger partial charge in [0.1, 0.15) is 0 Å². The highest BCUT2D eigenvalue weighted by molar-refractivity contribution is 5.99. The number of aromatic nitrogens is 3. The molecule has 1 aromatic heterocycles. The Morgan fingerprint density at radius 1 is 0.230 bits per heavy atom. The van der Waals surface area contributed by atoms with E-state index in [2.05, 4.69) is 276 Å². The van der Waals surface area contributed by atoms with Gasteiger partial charge in [0.05, 0.1) is 0 Å². The molecule has 13 rings (SSSR count). The topological polar surface area (TPSA) is 34.0 Å². The van der Waals surface area contributed by atoms with Crippen LogP contribution in [0.5, 0.6) is 0 Å². The molecule has 0 N–H and O–H groups in total. The van der Waals surface area contributed by atoms with Gasteiger partial charge in [-0.2, -0.15) is 0 Å². The lowest BCUT2D eigenvalue weighted by molar-refractivity contribution is 1.07. The van der Waals surface area contributed by atoms with E-state index in [1.165, 1.54) is 49.4 Å². The van der Waals surface area contributed by atoms with Crippen LogP contribution in [0.2, 0.25) is 0 Å². The lowest BCUT2D eigenvalue weighted by Crippen LogP contribution is -2.09. The van der Waals surface area contributed by atoms with Crippen LogP contribution < -0.4 is 4.90 Å². The number of benzene rings is 12. The Bertz CT molecular complexity index is 3950. The molecule has 0 aliphatic rings. The summed E-state index contributed by atoms with van der Waals surface area (Å²) in [7, 11) is 0. The lowest BCUT2D eigenvalue weighted by Gasteiger charge is -2.26. The van der Waals surface area contributed by atoms with Gasteiger partial charge in [0.25, 0.3) is 0 Å². The maximum Gasteiger partial charge on any atom is 0.168 e. The number of fused-ring (bicyclic) bond motifs is 2. The Kier molecular flexibility index (Phi) is 11.5. The normalized spacial score (nSPS) is 11.2. The van der Waals surface area contributed by atoms with Crippen LogP contribution in [-0.4, -0.2) is 14.8 Å². The Hall–Kier alpha value is -9.90. The first kappa shape index (κ1) is 44.1. The van der Waals surface area contributed by atoms with E-state index in [0.717, 1.165) is 73.3 Å². The molecule has 0 saturated heterocycles. The summed E-state index contributed by atoms with van der Waals surface area (Å²) in [4.78, 5) is 2.36. The molecule has 0 amide bonds. The van der Waals surface area contributed by atoms with Crippen LogP contribution in [0.1, 0.15) is 0 Å². The van der Waals surface area contributed by atoms with E-state index in [4.69, 9.17) is 10.2 Å². The Morgan fingerprint density at radius 3 is 1.00 bits per heavy atom. The highest BCUT2D eigenvalue weighted by Gasteiger charge is 2.20. The summed E-state index contributed by atoms with van der Waals surface area (Å²) in [5, 5.41) is 14.4. The molecule has 74 heavy (non-hydrogen) atoms. The van der Waals surface area contributed by atoms with Crippen molar-refractivity contribution < 1.29 is 0 Å². The molecule has 0 aliphatic heterocycles. The Balaban J connectivity index is 0.846. The zero-order chi connectivity index (χ0) is 49.2. The maximum atomic E-state index is 4.76. The predicted octanol–water partition coefficient (Wildman–Crippen LogP) is 18.7. The minimum absolute atomic E-state index is 0.790. The standard InChI is InChI=1S/C70H48N4/c1-3-19-55(20-4-1)69-71-72-70(74(69)57-23-5-2-6-24-57)56-35-33-51(34-36-56)65-27-11-13-29-67(65)68-30-14-12-28-66(68)54-41-47-60(48-42-54)73(58-43-37-52(38-44-58)63-31-15-21-49-17-7-9-25-61(49)63)59-45-39-53(40-46-59)64-32-16-22-50-18-8-10-26-62(50)64/h1-48H. The van der Waals surface area contributed by atoms with Crippen molar-refractivity contribution in [2.45, 2.75) is 0 Å². The van der Waals surface area contributed by atoms with Crippen LogP contribution in [0.15, 0.2) is 291 Å². The van der Waals surface area contributed by atoms with E-state index in [-0.39, 0.29) is 0 Å². The first-order valence-electron chi connectivity index (χ1n) is 25.1. The molecule has 0 spiro atoms. The third-order valence-electron chi connectivity index (χ3n) is 14.2. The summed E-state index contributed by atoms with van der Waals surface area (Å²) in [5.41, 5.74) is 18.0. The van der Waals surface area contributed by atoms with Crippen LogP contribution in [0.25, 0.3) is 106 Å². The molecular formula is C70H48N4. The van der Waals surface area contributed by atoms with E-state index in [1.807, 2.05) is 24.3 Å². The number of para-hydroxylation sites is 1. The van der Waals surface area contributed by atoms with Crippen molar-refractivity contribution >= 4 is 38.6 Å². The molecule has 0 saturated carbocycles. The van der Waals surface area contributed by atoms with E-state index >= 15 is 0 Å². The zero-order valence-corrected chi connectivity index (χ0v) is 40.5. The number of rotatable bonds is 11. The number of hydrogen-bond acceptors (Lipinski definition) is 3. The molecule has 4 nitrogen and oxygen atoms in total. The fraction of sp³-hybridized carbons (Fsp3) is 0. The van der Waals surface area contributed by atoms with Gasteiger partial charge >= 0.3 is 0 Å². The van der Waals surface area contributed by atoms with Crippen molar-refractivity contribution in [1.29, 1.82) is 0 Å². The highest BCUT2D eigenvalue weighted by atomic mass is 15.3. The number of anilines is 3. The predicted molar refractivity (Wildman–Crippen MR) is 309 cm³/mol. The van der Waals surface area contributed by atoms with Crippen LogP contribution in [0, 0.1) is 0 Å². The fourth-order valence-corrected chi connectivity index (χ4v) is 10.6. The Labute approximate surface area is 431 Å². The first-order valence-corrected chi connectivity index (χ1v) is 25.1. The van der Waals surface area contributed by atoms with Gasteiger partial charge < -0.3 is 4.90 Å². The van der Waals surface area contributed by atoms with Gasteiger partial charge in [-0.3, -0.25) is 4.57 Å². The second-order valence-electron chi connectivity index (χ2n) is 18.6. The van der Waals surface area contributed by atoms with E-state index < -0.39 is 0 Å². The third kappa shape index (κ3) is 8.30. The van der Waals surface area contributed by atoms with Crippen molar-refractivity contribution in [2.24, 2.45) is 0 Å². The molecule has 12 aromatic carbocycles. The molecular weight excluding hydrogens is 897 g/mol. The molecule has 348 valence electrons. The van der Waals surface area contributed by atoms with Crippen LogP contribution in [-0.2, 0) is 0 Å². The Morgan fingerprint density at radius 2 is 0.541 bits per heavy atom. The summed E-state index contributed by atoms with van der Waals surface area (Å²) in [6.07, 6.45) is 0. The monoisotopic (exact) mass is 944 g/mol. The minimum atomic E-state index is 0.790. The third-order valence-corrected chi connectivity index (χ3v) is 14.2.